The molecule has 2 aromatic rings. The smallest absolute Gasteiger partial charge is 0.414 e. The van der Waals surface area contributed by atoms with Gasteiger partial charge in [0.05, 0.1) is 23.9 Å². The predicted octanol–water partition coefficient (Wildman–Crippen LogP) is 2.84. The topological polar surface area (TPSA) is 123 Å². The third-order valence-corrected chi connectivity index (χ3v) is 6.19. The van der Waals surface area contributed by atoms with Crippen LogP contribution in [0, 0.1) is 6.92 Å². The van der Waals surface area contributed by atoms with Crippen molar-refractivity contribution in [3.63, 3.8) is 0 Å². The molecule has 2 N–H and O–H groups in total. The third kappa shape index (κ3) is 6.76. The number of thiophene rings is 1. The van der Waals surface area contributed by atoms with Crippen LogP contribution in [0.5, 0.6) is 5.06 Å². The summed E-state index contributed by atoms with van der Waals surface area (Å²) in [5.41, 5.74) is 1.92. The zero-order valence-corrected chi connectivity index (χ0v) is 20.3. The molecule has 0 radical (unpaired) electrons. The first kappa shape index (κ1) is 24.7. The van der Waals surface area contributed by atoms with Crippen LogP contribution in [0.3, 0.4) is 0 Å². The number of rotatable bonds is 7. The number of esters is 1. The SMILES string of the molecule is COC(=O)CC(NC(=O)Oc1ccc(Br)s1)C(=O)Nc1ccc(N2CCOCC2=O)c(C)c1. The molecule has 12 heteroatoms. The van der Waals surface area contributed by atoms with Crippen LogP contribution >= 0.6 is 27.3 Å². The standard InChI is InChI=1S/C21H22BrN3O7S/c1-12-9-13(3-4-15(12)25-7-8-31-11-17(25)26)23-20(28)14(10-18(27)30-2)24-21(29)32-19-6-5-16(22)33-19/h3-6,9,14H,7-8,10-11H2,1-2H3,(H,23,28)(H,24,29). The number of carbonyl (C=O) groups is 4. The molecule has 1 atom stereocenters. The number of methoxy groups -OCH3 is 1. The van der Waals surface area contributed by atoms with Crippen molar-refractivity contribution in [2.24, 2.45) is 0 Å². The van der Waals surface area contributed by atoms with Crippen LogP contribution in [0.25, 0.3) is 0 Å². The van der Waals surface area contributed by atoms with Gasteiger partial charge in [-0.05, 0) is 58.7 Å². The second-order valence-electron chi connectivity index (χ2n) is 7.01. The molecular weight excluding hydrogens is 518 g/mol. The summed E-state index contributed by atoms with van der Waals surface area (Å²) < 4.78 is 15.7. The predicted molar refractivity (Wildman–Crippen MR) is 125 cm³/mol. The van der Waals surface area contributed by atoms with Gasteiger partial charge in [-0.1, -0.05) is 11.3 Å². The summed E-state index contributed by atoms with van der Waals surface area (Å²) in [6.07, 6.45) is -1.27. The molecule has 176 valence electrons. The highest BCUT2D eigenvalue weighted by Gasteiger charge is 2.26. The summed E-state index contributed by atoms with van der Waals surface area (Å²) in [4.78, 5) is 50.6. The van der Waals surface area contributed by atoms with E-state index in [9.17, 15) is 19.2 Å². The molecule has 1 aliphatic heterocycles. The number of anilines is 2. The number of hydrogen-bond acceptors (Lipinski definition) is 8. The van der Waals surface area contributed by atoms with Crippen LogP contribution in [0.2, 0.25) is 0 Å². The van der Waals surface area contributed by atoms with Gasteiger partial charge in [0, 0.05) is 17.9 Å². The maximum atomic E-state index is 12.8. The first-order chi connectivity index (χ1) is 15.8. The molecule has 1 saturated heterocycles. The van der Waals surface area contributed by atoms with Gasteiger partial charge in [-0.15, -0.1) is 0 Å². The lowest BCUT2D eigenvalue weighted by molar-refractivity contribution is -0.142. The molecule has 1 fully saturated rings. The number of nitrogens with one attached hydrogen (secondary N) is 2. The van der Waals surface area contributed by atoms with Gasteiger partial charge in [0.15, 0.2) is 5.06 Å². The number of carbonyl (C=O) groups excluding carboxylic acids is 4. The van der Waals surface area contributed by atoms with Gasteiger partial charge in [0.1, 0.15) is 12.6 Å². The molecule has 0 aliphatic carbocycles. The molecule has 0 bridgehead atoms. The van der Waals surface area contributed by atoms with Gasteiger partial charge in [0.2, 0.25) is 5.91 Å². The monoisotopic (exact) mass is 539 g/mol. The highest BCUT2D eigenvalue weighted by molar-refractivity contribution is 9.11. The maximum absolute atomic E-state index is 12.8. The lowest BCUT2D eigenvalue weighted by Gasteiger charge is -2.28. The van der Waals surface area contributed by atoms with Gasteiger partial charge in [-0.25, -0.2) is 4.79 Å². The van der Waals surface area contributed by atoms with Crippen LogP contribution in [0.4, 0.5) is 16.2 Å². The van der Waals surface area contributed by atoms with E-state index in [4.69, 9.17) is 9.47 Å². The second-order valence-corrected chi connectivity index (χ2v) is 9.44. The van der Waals surface area contributed by atoms with Crippen molar-refractivity contribution in [2.45, 2.75) is 19.4 Å². The average molecular weight is 540 g/mol. The number of ether oxygens (including phenoxy) is 3. The first-order valence-corrected chi connectivity index (χ1v) is 11.5. The minimum absolute atomic E-state index is 0.0251. The fraction of sp³-hybridized carbons (Fsp3) is 0.333. The number of amides is 3. The van der Waals surface area contributed by atoms with Crippen molar-refractivity contribution in [3.8, 4) is 5.06 Å². The van der Waals surface area contributed by atoms with Crippen molar-refractivity contribution >= 4 is 62.5 Å². The van der Waals surface area contributed by atoms with Crippen molar-refractivity contribution in [3.05, 3.63) is 39.7 Å². The summed E-state index contributed by atoms with van der Waals surface area (Å²) in [7, 11) is 1.19. The van der Waals surface area contributed by atoms with Gasteiger partial charge in [0.25, 0.3) is 5.91 Å². The molecule has 2 heterocycles. The molecule has 1 aromatic heterocycles. The van der Waals surface area contributed by atoms with Crippen LogP contribution in [-0.4, -0.2) is 56.8 Å². The Labute approximate surface area is 202 Å². The maximum Gasteiger partial charge on any atom is 0.414 e. The van der Waals surface area contributed by atoms with Crippen molar-refractivity contribution in [2.75, 3.05) is 37.1 Å². The molecule has 1 aromatic carbocycles. The second kappa shape index (κ2) is 11.3. The Bertz CT molecular complexity index is 1060. The van der Waals surface area contributed by atoms with Crippen LogP contribution < -0.4 is 20.3 Å². The van der Waals surface area contributed by atoms with Crippen molar-refractivity contribution in [1.82, 2.24) is 5.32 Å². The number of morpholine rings is 1. The normalized spacial score (nSPS) is 14.4. The molecule has 10 nitrogen and oxygen atoms in total. The fourth-order valence-corrected chi connectivity index (χ4v) is 4.31. The van der Waals surface area contributed by atoms with Gasteiger partial charge < -0.3 is 29.7 Å². The van der Waals surface area contributed by atoms with Gasteiger partial charge >= 0.3 is 12.1 Å². The molecule has 1 aliphatic rings. The lowest BCUT2D eigenvalue weighted by atomic mass is 10.1. The van der Waals surface area contributed by atoms with E-state index in [-0.39, 0.29) is 18.9 Å². The molecule has 0 spiro atoms. The van der Waals surface area contributed by atoms with E-state index in [1.165, 1.54) is 18.4 Å². The highest BCUT2D eigenvalue weighted by atomic mass is 79.9. The van der Waals surface area contributed by atoms with Crippen LogP contribution in [-0.2, 0) is 23.9 Å². The Morgan fingerprint density at radius 3 is 2.70 bits per heavy atom. The summed E-state index contributed by atoms with van der Waals surface area (Å²) in [6, 6.07) is 7.14. The first-order valence-electron chi connectivity index (χ1n) is 9.87. The Balaban J connectivity index is 1.69. The third-order valence-electron chi connectivity index (χ3n) is 4.69. The van der Waals surface area contributed by atoms with E-state index in [1.54, 1.807) is 35.2 Å². The van der Waals surface area contributed by atoms with Crippen LogP contribution in [0.1, 0.15) is 12.0 Å². The summed E-state index contributed by atoms with van der Waals surface area (Å²) >= 11 is 4.46. The zero-order chi connectivity index (χ0) is 24.0. The number of benzene rings is 1. The van der Waals surface area contributed by atoms with E-state index in [0.29, 0.717) is 23.9 Å². The number of hydrogen-bond donors (Lipinski definition) is 2. The minimum atomic E-state index is -1.23. The lowest BCUT2D eigenvalue weighted by Crippen LogP contribution is -2.46. The average Bonchev–Trinajstić information content (AvgIpc) is 3.18. The number of halogens is 1. The van der Waals surface area contributed by atoms with Gasteiger partial charge in [-0.2, -0.15) is 0 Å². The van der Waals surface area contributed by atoms with Crippen molar-refractivity contribution in [1.29, 1.82) is 0 Å². The summed E-state index contributed by atoms with van der Waals surface area (Å²) in [6.45, 7) is 2.73. The molecule has 3 amide bonds. The zero-order valence-electron chi connectivity index (χ0n) is 17.9. The van der Waals surface area contributed by atoms with E-state index < -0.39 is 24.0 Å². The Morgan fingerprint density at radius 1 is 1.27 bits per heavy atom. The largest absolute Gasteiger partial charge is 0.469 e. The Morgan fingerprint density at radius 2 is 2.06 bits per heavy atom. The summed E-state index contributed by atoms with van der Waals surface area (Å²) in [5, 5.41) is 5.39. The molecule has 1 unspecified atom stereocenters. The quantitative estimate of drug-likeness (QED) is 0.518. The fourth-order valence-electron chi connectivity index (χ4n) is 3.11. The van der Waals surface area contributed by atoms with Gasteiger partial charge in [-0.3, -0.25) is 14.4 Å². The van der Waals surface area contributed by atoms with Crippen molar-refractivity contribution < 1.29 is 33.4 Å². The number of nitrogens with zero attached hydrogens (tertiary/aromatic N) is 1. The molecular formula is C21H22BrN3O7S. The Kier molecular flexibility index (Phi) is 8.42. The Hall–Kier alpha value is -2.96. The van der Waals surface area contributed by atoms with E-state index in [0.717, 1.165) is 15.0 Å². The molecule has 3 rings (SSSR count). The van der Waals surface area contributed by atoms with E-state index >= 15 is 0 Å². The molecule has 33 heavy (non-hydrogen) atoms. The minimum Gasteiger partial charge on any atom is -0.469 e. The van der Waals surface area contributed by atoms with E-state index in [1.807, 2.05) is 6.92 Å². The summed E-state index contributed by atoms with van der Waals surface area (Å²) in [5.74, 6) is -1.44. The van der Waals surface area contributed by atoms with E-state index in [2.05, 4.69) is 31.3 Å². The van der Waals surface area contributed by atoms with Crippen LogP contribution in [0.15, 0.2) is 34.1 Å². The number of aryl methyl sites for hydroxylation is 1. The molecule has 0 saturated carbocycles. The highest BCUT2D eigenvalue weighted by Crippen LogP contribution is 2.29.